The number of rotatable bonds is 7. The summed E-state index contributed by atoms with van der Waals surface area (Å²) in [4.78, 5) is 11.1. The number of hydrogen-bond donors (Lipinski definition) is 1. The highest BCUT2D eigenvalue weighted by molar-refractivity contribution is 5.25. The Morgan fingerprint density at radius 1 is 1.35 bits per heavy atom. The van der Waals surface area contributed by atoms with Crippen LogP contribution in [0.15, 0.2) is 6.20 Å². The molecule has 0 spiro atoms. The molecule has 0 aliphatic heterocycles. The predicted octanol–water partition coefficient (Wildman–Crippen LogP) is 2.04. The van der Waals surface area contributed by atoms with Crippen LogP contribution < -0.4 is 10.1 Å². The summed E-state index contributed by atoms with van der Waals surface area (Å²) in [6, 6.07) is 0. The number of nitrogens with one attached hydrogen (secondary N) is 1. The summed E-state index contributed by atoms with van der Waals surface area (Å²) >= 11 is 0. The van der Waals surface area contributed by atoms with Crippen molar-refractivity contribution in [2.24, 2.45) is 0 Å². The van der Waals surface area contributed by atoms with E-state index in [4.69, 9.17) is 4.74 Å². The van der Waals surface area contributed by atoms with Crippen molar-refractivity contribution in [1.29, 1.82) is 0 Å². The van der Waals surface area contributed by atoms with Crippen LogP contribution in [-0.4, -0.2) is 48.2 Å². The van der Waals surface area contributed by atoms with E-state index in [2.05, 4.69) is 62.0 Å². The second-order valence-corrected chi connectivity index (χ2v) is 6.22. The topological polar surface area (TPSA) is 50.3 Å². The average molecular weight is 280 g/mol. The normalized spacial score (nSPS) is 12.2. The highest BCUT2D eigenvalue weighted by Gasteiger charge is 2.22. The second kappa shape index (κ2) is 6.99. The van der Waals surface area contributed by atoms with Crippen LogP contribution in [0, 0.1) is 0 Å². The van der Waals surface area contributed by atoms with Crippen LogP contribution in [0.2, 0.25) is 0 Å². The predicted molar refractivity (Wildman–Crippen MR) is 82.1 cm³/mol. The fraction of sp³-hybridized carbons (Fsp3) is 0.733. The van der Waals surface area contributed by atoms with Gasteiger partial charge < -0.3 is 15.0 Å². The van der Waals surface area contributed by atoms with E-state index < -0.39 is 0 Å². The molecular weight excluding hydrogens is 252 g/mol. The minimum Gasteiger partial charge on any atom is -0.488 e. The molecule has 0 unspecified atom stereocenters. The molecule has 20 heavy (non-hydrogen) atoms. The Morgan fingerprint density at radius 3 is 2.50 bits per heavy atom. The van der Waals surface area contributed by atoms with Crippen LogP contribution in [0.4, 0.5) is 0 Å². The molecule has 0 radical (unpaired) electrons. The third-order valence-corrected chi connectivity index (χ3v) is 3.50. The van der Waals surface area contributed by atoms with Crippen molar-refractivity contribution >= 4 is 0 Å². The van der Waals surface area contributed by atoms with Gasteiger partial charge in [0.15, 0.2) is 5.75 Å². The monoisotopic (exact) mass is 280 g/mol. The van der Waals surface area contributed by atoms with Crippen LogP contribution in [0.25, 0.3) is 0 Å². The number of hydrogen-bond acceptors (Lipinski definition) is 5. The summed E-state index contributed by atoms with van der Waals surface area (Å²) in [5.41, 5.74) is 0.883. The first kappa shape index (κ1) is 16.9. The van der Waals surface area contributed by atoms with E-state index in [-0.39, 0.29) is 5.54 Å². The summed E-state index contributed by atoms with van der Waals surface area (Å²) < 4.78 is 5.94. The molecule has 1 aromatic heterocycles. The molecule has 1 N–H and O–H groups in total. The maximum Gasteiger partial charge on any atom is 0.160 e. The average Bonchev–Trinajstić information content (AvgIpc) is 2.37. The number of likely N-dealkylation sites (N-methyl/N-ethyl adjacent to an activating group) is 1. The van der Waals surface area contributed by atoms with E-state index in [1.807, 2.05) is 7.05 Å². The quantitative estimate of drug-likeness (QED) is 0.828. The third-order valence-electron chi connectivity index (χ3n) is 3.50. The van der Waals surface area contributed by atoms with Crippen LogP contribution >= 0.6 is 0 Å². The number of ether oxygens (including phenoxy) is 1. The molecule has 0 saturated heterocycles. The van der Waals surface area contributed by atoms with Crippen molar-refractivity contribution in [3.63, 3.8) is 0 Å². The Hall–Kier alpha value is -1.20. The van der Waals surface area contributed by atoms with E-state index in [1.54, 1.807) is 6.20 Å². The lowest BCUT2D eigenvalue weighted by Gasteiger charge is -2.32. The van der Waals surface area contributed by atoms with E-state index in [0.29, 0.717) is 19.1 Å². The van der Waals surface area contributed by atoms with Crippen molar-refractivity contribution in [2.75, 3.05) is 27.7 Å². The van der Waals surface area contributed by atoms with Gasteiger partial charge in [0, 0.05) is 18.0 Å². The number of nitrogens with zero attached hydrogens (tertiary/aromatic N) is 3. The smallest absolute Gasteiger partial charge is 0.160 e. The maximum absolute atomic E-state index is 5.94. The molecule has 0 aliphatic rings. The Bertz CT molecular complexity index is 430. The van der Waals surface area contributed by atoms with Gasteiger partial charge in [-0.1, -0.05) is 13.8 Å². The summed E-state index contributed by atoms with van der Waals surface area (Å²) in [7, 11) is 6.01. The first-order valence-electron chi connectivity index (χ1n) is 7.08. The minimum atomic E-state index is -0.0341. The van der Waals surface area contributed by atoms with Crippen molar-refractivity contribution in [1.82, 2.24) is 20.2 Å². The van der Waals surface area contributed by atoms with Crippen LogP contribution in [0.1, 0.15) is 45.1 Å². The molecule has 0 saturated carbocycles. The van der Waals surface area contributed by atoms with Gasteiger partial charge in [0.05, 0.1) is 11.9 Å². The molecule has 1 aromatic rings. The highest BCUT2D eigenvalue weighted by atomic mass is 16.5. The Balaban J connectivity index is 2.89. The fourth-order valence-electron chi connectivity index (χ4n) is 1.50. The summed E-state index contributed by atoms with van der Waals surface area (Å²) in [6.45, 7) is 9.76. The van der Waals surface area contributed by atoms with E-state index in [9.17, 15) is 0 Å². The van der Waals surface area contributed by atoms with Crippen LogP contribution in [0.3, 0.4) is 0 Å². The molecule has 0 fully saturated rings. The van der Waals surface area contributed by atoms with Gasteiger partial charge in [-0.3, -0.25) is 0 Å². The standard InChI is InChI=1S/C15H28N4O/c1-11(2)14-17-9-13(12(18-14)8-16-5)20-10-15(3,4)19(6)7/h9,11,16H,8,10H2,1-7H3. The van der Waals surface area contributed by atoms with Crippen molar-refractivity contribution < 1.29 is 4.74 Å². The van der Waals surface area contributed by atoms with Crippen LogP contribution in [-0.2, 0) is 6.54 Å². The van der Waals surface area contributed by atoms with Crippen LogP contribution in [0.5, 0.6) is 5.75 Å². The molecule has 0 aliphatic carbocycles. The zero-order valence-corrected chi connectivity index (χ0v) is 13.8. The molecule has 114 valence electrons. The Morgan fingerprint density at radius 2 is 2.00 bits per heavy atom. The van der Waals surface area contributed by atoms with E-state index in [0.717, 1.165) is 17.3 Å². The molecule has 0 bridgehead atoms. The lowest BCUT2D eigenvalue weighted by molar-refractivity contribution is 0.112. The van der Waals surface area contributed by atoms with Gasteiger partial charge in [0.1, 0.15) is 12.4 Å². The van der Waals surface area contributed by atoms with Crippen molar-refractivity contribution in [2.45, 2.75) is 45.7 Å². The fourth-order valence-corrected chi connectivity index (χ4v) is 1.50. The van der Waals surface area contributed by atoms with Gasteiger partial charge in [-0.05, 0) is 35.0 Å². The van der Waals surface area contributed by atoms with E-state index >= 15 is 0 Å². The molecule has 5 heteroatoms. The summed E-state index contributed by atoms with van der Waals surface area (Å²) in [5, 5.41) is 3.13. The maximum atomic E-state index is 5.94. The Kier molecular flexibility index (Phi) is 5.89. The van der Waals surface area contributed by atoms with Gasteiger partial charge in [0.2, 0.25) is 0 Å². The molecule has 1 heterocycles. The molecule has 0 amide bonds. The third kappa shape index (κ3) is 4.42. The van der Waals surface area contributed by atoms with Gasteiger partial charge in [-0.15, -0.1) is 0 Å². The zero-order chi connectivity index (χ0) is 15.3. The second-order valence-electron chi connectivity index (χ2n) is 6.22. The molecule has 0 aromatic carbocycles. The molecule has 5 nitrogen and oxygen atoms in total. The largest absolute Gasteiger partial charge is 0.488 e. The van der Waals surface area contributed by atoms with E-state index in [1.165, 1.54) is 0 Å². The van der Waals surface area contributed by atoms with Gasteiger partial charge in [-0.25, -0.2) is 9.97 Å². The molecule has 0 atom stereocenters. The zero-order valence-electron chi connectivity index (χ0n) is 13.8. The SMILES string of the molecule is CNCc1nc(C(C)C)ncc1OCC(C)(C)N(C)C. The lowest BCUT2D eigenvalue weighted by atomic mass is 10.1. The minimum absolute atomic E-state index is 0.0341. The first-order chi connectivity index (χ1) is 9.27. The van der Waals surface area contributed by atoms with Gasteiger partial charge in [-0.2, -0.15) is 0 Å². The van der Waals surface area contributed by atoms with Gasteiger partial charge >= 0.3 is 0 Å². The van der Waals surface area contributed by atoms with Crippen molar-refractivity contribution in [3.05, 3.63) is 17.7 Å². The highest BCUT2D eigenvalue weighted by Crippen LogP contribution is 2.20. The first-order valence-corrected chi connectivity index (χ1v) is 7.08. The summed E-state index contributed by atoms with van der Waals surface area (Å²) in [6.07, 6.45) is 1.79. The Labute approximate surface area is 122 Å². The molecular formula is C15H28N4O. The summed E-state index contributed by atoms with van der Waals surface area (Å²) in [5.74, 6) is 1.94. The molecule has 1 rings (SSSR count). The number of aromatic nitrogens is 2. The van der Waals surface area contributed by atoms with Crippen molar-refractivity contribution in [3.8, 4) is 5.75 Å². The van der Waals surface area contributed by atoms with Gasteiger partial charge in [0.25, 0.3) is 0 Å². The lowest BCUT2D eigenvalue weighted by Crippen LogP contribution is -2.43.